The molecule has 0 radical (unpaired) electrons. The van der Waals surface area contributed by atoms with Crippen molar-refractivity contribution in [3.63, 3.8) is 0 Å². The van der Waals surface area contributed by atoms with Gasteiger partial charge in [-0.05, 0) is 37.0 Å². The summed E-state index contributed by atoms with van der Waals surface area (Å²) in [5.74, 6) is 0. The van der Waals surface area contributed by atoms with Gasteiger partial charge in [-0.3, -0.25) is 15.5 Å². The highest BCUT2D eigenvalue weighted by Crippen LogP contribution is 2.28. The second-order valence-electron chi connectivity index (χ2n) is 5.66. The van der Waals surface area contributed by atoms with E-state index in [1.165, 1.54) is 17.7 Å². The highest BCUT2D eigenvalue weighted by Gasteiger charge is 2.20. The molecule has 130 valence electrons. The molecule has 0 atom stereocenters. The van der Waals surface area contributed by atoms with Crippen LogP contribution in [0.25, 0.3) is 0 Å². The number of sulfonamides is 1. The van der Waals surface area contributed by atoms with Crippen molar-refractivity contribution in [3.05, 3.63) is 63.7 Å². The van der Waals surface area contributed by atoms with Crippen LogP contribution in [0.2, 0.25) is 0 Å². The number of benzene rings is 2. The van der Waals surface area contributed by atoms with Crippen molar-refractivity contribution < 1.29 is 13.3 Å². The molecule has 0 aliphatic heterocycles. The van der Waals surface area contributed by atoms with Gasteiger partial charge in [0.05, 0.1) is 15.5 Å². The first kappa shape index (κ1) is 17.1. The molecule has 0 saturated heterocycles. The summed E-state index contributed by atoms with van der Waals surface area (Å²) in [6.07, 6.45) is 2.68. The third-order valence-electron chi connectivity index (χ3n) is 3.99. The van der Waals surface area contributed by atoms with Crippen LogP contribution in [-0.2, 0) is 16.4 Å². The molecule has 0 bridgehead atoms. The fourth-order valence-corrected chi connectivity index (χ4v) is 3.31. The molecule has 0 amide bonds. The largest absolute Gasteiger partial charge is 0.295 e. The van der Waals surface area contributed by atoms with Gasteiger partial charge in [0.1, 0.15) is 5.69 Å². The van der Waals surface area contributed by atoms with Gasteiger partial charge < -0.3 is 0 Å². The molecule has 0 spiro atoms. The van der Waals surface area contributed by atoms with Crippen LogP contribution in [0.1, 0.15) is 24.0 Å². The number of hydrogen-bond acceptors (Lipinski definition) is 6. The van der Waals surface area contributed by atoms with Crippen molar-refractivity contribution in [1.82, 2.24) is 0 Å². The van der Waals surface area contributed by atoms with Gasteiger partial charge in [-0.1, -0.05) is 24.3 Å². The first-order chi connectivity index (χ1) is 11.9. The number of nitrogens with one attached hydrogen (secondary N) is 1. The quantitative estimate of drug-likeness (QED) is 0.639. The van der Waals surface area contributed by atoms with Crippen LogP contribution in [0.4, 0.5) is 11.4 Å². The molecule has 0 fully saturated rings. The number of rotatable bonds is 4. The summed E-state index contributed by atoms with van der Waals surface area (Å²) in [6, 6.07) is 11.3. The molecule has 0 aromatic heterocycles. The van der Waals surface area contributed by atoms with Crippen molar-refractivity contribution >= 4 is 27.1 Å². The number of aryl methyl sites for hydroxylation is 1. The summed E-state index contributed by atoms with van der Waals surface area (Å²) < 4.78 is 22.7. The minimum atomic E-state index is -4.02. The molecule has 1 aliphatic rings. The Kier molecular flexibility index (Phi) is 4.51. The summed E-state index contributed by atoms with van der Waals surface area (Å²) in [5, 5.41) is 20.6. The molecule has 1 aliphatic carbocycles. The number of primary sulfonamides is 1. The lowest BCUT2D eigenvalue weighted by atomic mass is 9.90. The van der Waals surface area contributed by atoms with E-state index in [0.717, 1.165) is 36.6 Å². The third kappa shape index (κ3) is 3.67. The van der Waals surface area contributed by atoms with Crippen molar-refractivity contribution in [2.75, 3.05) is 5.43 Å². The van der Waals surface area contributed by atoms with Crippen molar-refractivity contribution in [1.29, 1.82) is 0 Å². The summed E-state index contributed by atoms with van der Waals surface area (Å²) in [5.41, 5.74) is 5.41. The second-order valence-corrected chi connectivity index (χ2v) is 7.22. The van der Waals surface area contributed by atoms with Gasteiger partial charge >= 0.3 is 0 Å². The molecule has 3 rings (SSSR count). The normalized spacial score (nSPS) is 15.6. The number of nitro benzene ring substituents is 1. The molecule has 25 heavy (non-hydrogen) atoms. The van der Waals surface area contributed by atoms with E-state index in [4.69, 9.17) is 5.14 Å². The Morgan fingerprint density at radius 3 is 2.64 bits per heavy atom. The van der Waals surface area contributed by atoms with Crippen LogP contribution < -0.4 is 10.6 Å². The van der Waals surface area contributed by atoms with Crippen LogP contribution in [0, 0.1) is 10.1 Å². The zero-order valence-corrected chi connectivity index (χ0v) is 14.0. The zero-order valence-electron chi connectivity index (χ0n) is 13.2. The number of nitrogens with two attached hydrogens (primary N) is 1. The molecule has 8 nitrogen and oxygen atoms in total. The number of nitro groups is 1. The average Bonchev–Trinajstić information content (AvgIpc) is 2.58. The molecule has 0 unspecified atom stereocenters. The highest BCUT2D eigenvalue weighted by atomic mass is 32.2. The molecule has 2 aromatic rings. The molecular weight excluding hydrogens is 344 g/mol. The summed E-state index contributed by atoms with van der Waals surface area (Å²) in [6.45, 7) is 0. The minimum absolute atomic E-state index is 0.105. The van der Waals surface area contributed by atoms with Crippen LogP contribution in [0.5, 0.6) is 0 Å². The topological polar surface area (TPSA) is 128 Å². The first-order valence-electron chi connectivity index (χ1n) is 7.58. The van der Waals surface area contributed by atoms with Crippen molar-refractivity contribution in [2.45, 2.75) is 24.2 Å². The van der Waals surface area contributed by atoms with Gasteiger partial charge in [-0.25, -0.2) is 13.6 Å². The first-order valence-corrected chi connectivity index (χ1v) is 9.13. The number of anilines is 1. The predicted octanol–water partition coefficient (Wildman–Crippen LogP) is 2.39. The SMILES string of the molecule is NS(=O)(=O)c1ccc(N/N=C2/CCCc3ccccc32)c([N+](=O)[O-])c1. The minimum Gasteiger partial charge on any atom is -0.271 e. The Morgan fingerprint density at radius 1 is 1.16 bits per heavy atom. The fraction of sp³-hybridized carbons (Fsp3) is 0.188. The number of fused-ring (bicyclic) bond motifs is 1. The Hall–Kier alpha value is -2.78. The summed E-state index contributed by atoms with van der Waals surface area (Å²) >= 11 is 0. The number of nitrogens with zero attached hydrogens (tertiary/aromatic N) is 2. The number of hydrogen-bond donors (Lipinski definition) is 2. The van der Waals surface area contributed by atoms with Gasteiger partial charge in [0, 0.05) is 11.6 Å². The van der Waals surface area contributed by atoms with E-state index >= 15 is 0 Å². The fourth-order valence-electron chi connectivity index (χ4n) is 2.78. The molecule has 3 N–H and O–H groups in total. The van der Waals surface area contributed by atoms with E-state index in [9.17, 15) is 18.5 Å². The van der Waals surface area contributed by atoms with Crippen molar-refractivity contribution in [3.8, 4) is 0 Å². The lowest BCUT2D eigenvalue weighted by molar-refractivity contribution is -0.384. The third-order valence-corrected chi connectivity index (χ3v) is 4.90. The van der Waals surface area contributed by atoms with Crippen molar-refractivity contribution in [2.24, 2.45) is 10.2 Å². The Morgan fingerprint density at radius 2 is 1.92 bits per heavy atom. The van der Waals surface area contributed by atoms with E-state index < -0.39 is 20.6 Å². The van der Waals surface area contributed by atoms with E-state index in [-0.39, 0.29) is 10.6 Å². The van der Waals surface area contributed by atoms with E-state index in [1.54, 1.807) is 0 Å². The smallest absolute Gasteiger partial charge is 0.271 e. The van der Waals surface area contributed by atoms with Gasteiger partial charge in [0.25, 0.3) is 5.69 Å². The summed E-state index contributed by atoms with van der Waals surface area (Å²) in [4.78, 5) is 10.2. The molecule has 0 heterocycles. The lowest BCUT2D eigenvalue weighted by Gasteiger charge is -2.17. The van der Waals surface area contributed by atoms with Crippen LogP contribution >= 0.6 is 0 Å². The van der Waals surface area contributed by atoms with Gasteiger partial charge in [-0.2, -0.15) is 5.10 Å². The molecule has 2 aromatic carbocycles. The standard InChI is InChI=1S/C16H16N4O4S/c17-25(23,24)12-8-9-15(16(10-12)20(21)22)19-18-14-7-3-5-11-4-1-2-6-13(11)14/h1-2,4,6,8-10,19H,3,5,7H2,(H2,17,23,24)/b18-14-. The van der Waals surface area contributed by atoms with Crippen LogP contribution in [0.3, 0.4) is 0 Å². The molecule has 0 saturated carbocycles. The predicted molar refractivity (Wildman–Crippen MR) is 94.0 cm³/mol. The summed E-state index contributed by atoms with van der Waals surface area (Å²) in [7, 11) is -4.02. The van der Waals surface area contributed by atoms with E-state index in [0.29, 0.717) is 0 Å². The number of hydrazone groups is 1. The highest BCUT2D eigenvalue weighted by molar-refractivity contribution is 7.89. The van der Waals surface area contributed by atoms with E-state index in [2.05, 4.69) is 10.5 Å². The Bertz CT molecular complexity index is 970. The second kappa shape index (κ2) is 6.61. The Balaban J connectivity index is 1.95. The van der Waals surface area contributed by atoms with E-state index in [1.807, 2.05) is 24.3 Å². The maximum absolute atomic E-state index is 11.4. The van der Waals surface area contributed by atoms with Crippen LogP contribution in [0.15, 0.2) is 52.5 Å². The van der Waals surface area contributed by atoms with Crippen LogP contribution in [-0.4, -0.2) is 19.1 Å². The monoisotopic (exact) mass is 360 g/mol. The lowest BCUT2D eigenvalue weighted by Crippen LogP contribution is -2.14. The zero-order chi connectivity index (χ0) is 18.0. The van der Waals surface area contributed by atoms with Gasteiger partial charge in [-0.15, -0.1) is 0 Å². The maximum Gasteiger partial charge on any atom is 0.295 e. The maximum atomic E-state index is 11.4. The average molecular weight is 360 g/mol. The Labute approximate surface area is 144 Å². The molecular formula is C16H16N4O4S. The molecule has 9 heteroatoms. The van der Waals surface area contributed by atoms with Gasteiger partial charge in [0.2, 0.25) is 10.0 Å². The van der Waals surface area contributed by atoms with Gasteiger partial charge in [0.15, 0.2) is 0 Å².